The summed E-state index contributed by atoms with van der Waals surface area (Å²) in [5, 5.41) is 1.57. The minimum Gasteiger partial charge on any atom is -0.368 e. The molecule has 1 heterocycles. The molecule has 0 radical (unpaired) electrons. The van der Waals surface area contributed by atoms with Crippen LogP contribution in [-0.2, 0) is 0 Å². The first kappa shape index (κ1) is 11.0. The molecule has 0 atom stereocenters. The molecule has 2 rings (SSSR count). The van der Waals surface area contributed by atoms with Gasteiger partial charge in [0.1, 0.15) is 0 Å². The zero-order valence-electron chi connectivity index (χ0n) is 8.92. The number of hydrazine groups is 1. The second-order valence-electron chi connectivity index (χ2n) is 3.43. The fourth-order valence-electron chi connectivity index (χ4n) is 1.41. The highest BCUT2D eigenvalue weighted by atomic mass is 16.2. The van der Waals surface area contributed by atoms with Gasteiger partial charge in [0.05, 0.1) is 5.69 Å². The van der Waals surface area contributed by atoms with E-state index in [1.165, 1.54) is 0 Å². The number of nitrogens with two attached hydrogens (primary N) is 3. The van der Waals surface area contributed by atoms with E-state index in [0.29, 0.717) is 10.7 Å². The normalized spacial score (nSPS) is 11.7. The van der Waals surface area contributed by atoms with E-state index in [2.05, 4.69) is 9.98 Å². The van der Waals surface area contributed by atoms with E-state index in [-0.39, 0.29) is 5.96 Å². The summed E-state index contributed by atoms with van der Waals surface area (Å²) in [6, 6.07) is 6.45. The number of primary amides is 1. The molecule has 7 N–H and O–H groups in total. The van der Waals surface area contributed by atoms with E-state index in [9.17, 15) is 4.79 Å². The lowest BCUT2D eigenvalue weighted by Gasteiger charge is -2.11. The van der Waals surface area contributed by atoms with Gasteiger partial charge in [-0.1, -0.05) is 0 Å². The number of H-pyrrole nitrogens is 1. The highest BCUT2D eigenvalue weighted by Gasteiger charge is 2.08. The number of urea groups is 1. The predicted octanol–water partition coefficient (Wildman–Crippen LogP) is 0.369. The fraction of sp³-hybridized carbons (Fsp3) is 0. The molecule has 1 aromatic carbocycles. The molecule has 0 saturated carbocycles. The Bertz CT molecular complexity index is 587. The molecule has 0 aliphatic carbocycles. The van der Waals surface area contributed by atoms with Crippen LogP contribution in [0, 0.1) is 0 Å². The Hall–Kier alpha value is -2.54. The second-order valence-corrected chi connectivity index (χ2v) is 3.43. The summed E-state index contributed by atoms with van der Waals surface area (Å²) >= 11 is 0. The van der Waals surface area contributed by atoms with Crippen LogP contribution in [0.1, 0.15) is 0 Å². The van der Waals surface area contributed by atoms with Crippen molar-refractivity contribution in [2.45, 2.75) is 0 Å². The monoisotopic (exact) mass is 232 g/mol. The van der Waals surface area contributed by atoms with Crippen LogP contribution in [0.3, 0.4) is 0 Å². The zero-order chi connectivity index (χ0) is 12.4. The van der Waals surface area contributed by atoms with Crippen molar-refractivity contribution in [3.63, 3.8) is 0 Å². The quantitative estimate of drug-likeness (QED) is 0.186. The van der Waals surface area contributed by atoms with Crippen LogP contribution in [-0.4, -0.2) is 22.0 Å². The van der Waals surface area contributed by atoms with Gasteiger partial charge in [0.25, 0.3) is 0 Å². The lowest BCUT2D eigenvalue weighted by atomic mass is 10.2. The molecule has 0 bridgehead atoms. The Morgan fingerprint density at radius 3 is 2.76 bits per heavy atom. The van der Waals surface area contributed by atoms with Crippen molar-refractivity contribution in [1.29, 1.82) is 0 Å². The van der Waals surface area contributed by atoms with Crippen molar-refractivity contribution in [3.8, 4) is 0 Å². The Balaban J connectivity index is 2.33. The number of amides is 2. The second kappa shape index (κ2) is 4.14. The van der Waals surface area contributed by atoms with E-state index in [1.807, 2.05) is 24.4 Å². The van der Waals surface area contributed by atoms with Crippen LogP contribution in [0.5, 0.6) is 0 Å². The van der Waals surface area contributed by atoms with Gasteiger partial charge in [0.15, 0.2) is 0 Å². The summed E-state index contributed by atoms with van der Waals surface area (Å²) in [6.45, 7) is 0. The lowest BCUT2D eigenvalue weighted by molar-refractivity contribution is 0.230. The molecule has 0 unspecified atom stereocenters. The standard InChI is InChI=1S/C10H12N6O/c11-9(16(13)10(12)17)15-7-1-2-8-6(5-7)3-4-14-8/h1-5,14H,13H2,(H2,11,15)(H2,12,17). The summed E-state index contributed by atoms with van der Waals surface area (Å²) in [5.41, 5.74) is 12.0. The molecule has 17 heavy (non-hydrogen) atoms. The van der Waals surface area contributed by atoms with Crippen molar-refractivity contribution < 1.29 is 4.79 Å². The summed E-state index contributed by atoms with van der Waals surface area (Å²) in [5.74, 6) is 5.14. The Kier molecular flexibility index (Phi) is 2.67. The number of carbonyl (C=O) groups is 1. The van der Waals surface area contributed by atoms with Gasteiger partial charge in [0.2, 0.25) is 5.96 Å². The molecule has 2 aromatic rings. The minimum atomic E-state index is -0.867. The third kappa shape index (κ3) is 2.18. The van der Waals surface area contributed by atoms with E-state index >= 15 is 0 Å². The van der Waals surface area contributed by atoms with Gasteiger partial charge in [-0.3, -0.25) is 0 Å². The summed E-state index contributed by atoms with van der Waals surface area (Å²) in [7, 11) is 0. The Morgan fingerprint density at radius 2 is 2.06 bits per heavy atom. The Morgan fingerprint density at radius 1 is 1.29 bits per heavy atom. The number of fused-ring (bicyclic) bond motifs is 1. The molecular formula is C10H12N6O. The van der Waals surface area contributed by atoms with Crippen LogP contribution in [0.4, 0.5) is 10.5 Å². The van der Waals surface area contributed by atoms with Crippen molar-refractivity contribution in [1.82, 2.24) is 9.99 Å². The maximum atomic E-state index is 10.8. The number of carbonyl (C=O) groups excluding carboxylic acids is 1. The number of nitrogens with one attached hydrogen (secondary N) is 1. The van der Waals surface area contributed by atoms with Crippen LogP contribution in [0.2, 0.25) is 0 Å². The van der Waals surface area contributed by atoms with Gasteiger partial charge in [0, 0.05) is 17.1 Å². The number of aromatic amines is 1. The van der Waals surface area contributed by atoms with Gasteiger partial charge in [-0.15, -0.1) is 0 Å². The summed E-state index contributed by atoms with van der Waals surface area (Å²) < 4.78 is 0. The largest absolute Gasteiger partial charge is 0.368 e. The molecule has 2 amide bonds. The third-order valence-electron chi connectivity index (χ3n) is 2.26. The highest BCUT2D eigenvalue weighted by Crippen LogP contribution is 2.19. The number of hydrogen-bond acceptors (Lipinski definition) is 3. The van der Waals surface area contributed by atoms with Crippen LogP contribution in [0.25, 0.3) is 10.9 Å². The molecule has 0 aliphatic heterocycles. The smallest absolute Gasteiger partial charge is 0.336 e. The van der Waals surface area contributed by atoms with Gasteiger partial charge >= 0.3 is 6.03 Å². The SMILES string of the molecule is NC(=O)N(N)/C(N)=N\c1ccc2[nH]ccc2c1. The average molecular weight is 232 g/mol. The van der Waals surface area contributed by atoms with Gasteiger partial charge in [-0.05, 0) is 24.3 Å². The zero-order valence-corrected chi connectivity index (χ0v) is 8.92. The Labute approximate surface area is 96.9 Å². The first-order chi connectivity index (χ1) is 8.08. The molecule has 0 spiro atoms. The molecule has 0 aliphatic rings. The number of benzene rings is 1. The highest BCUT2D eigenvalue weighted by molar-refractivity contribution is 5.95. The molecule has 1 aromatic heterocycles. The number of guanidine groups is 1. The molecular weight excluding hydrogens is 220 g/mol. The van der Waals surface area contributed by atoms with Crippen molar-refractivity contribution in [3.05, 3.63) is 30.5 Å². The van der Waals surface area contributed by atoms with Crippen molar-refractivity contribution >= 4 is 28.6 Å². The number of hydrogen-bond donors (Lipinski definition) is 4. The van der Waals surface area contributed by atoms with Gasteiger partial charge < -0.3 is 16.5 Å². The van der Waals surface area contributed by atoms with E-state index in [4.69, 9.17) is 17.3 Å². The van der Waals surface area contributed by atoms with E-state index in [0.717, 1.165) is 10.9 Å². The van der Waals surface area contributed by atoms with E-state index in [1.54, 1.807) is 6.07 Å². The summed E-state index contributed by atoms with van der Waals surface area (Å²) in [4.78, 5) is 17.8. The molecule has 88 valence electrons. The fourth-order valence-corrected chi connectivity index (χ4v) is 1.41. The lowest BCUT2D eigenvalue weighted by Crippen LogP contribution is -2.49. The van der Waals surface area contributed by atoms with Crippen molar-refractivity contribution in [2.75, 3.05) is 0 Å². The maximum absolute atomic E-state index is 10.8. The van der Waals surface area contributed by atoms with E-state index < -0.39 is 6.03 Å². The average Bonchev–Trinajstić information content (AvgIpc) is 2.74. The number of aliphatic imine (C=N–C) groups is 1. The molecule has 0 saturated heterocycles. The first-order valence-electron chi connectivity index (χ1n) is 4.83. The van der Waals surface area contributed by atoms with Crippen molar-refractivity contribution in [2.24, 2.45) is 22.3 Å². The summed E-state index contributed by atoms with van der Waals surface area (Å²) in [6.07, 6.45) is 1.82. The maximum Gasteiger partial charge on any atom is 0.336 e. The van der Waals surface area contributed by atoms with Crippen LogP contribution >= 0.6 is 0 Å². The minimum absolute atomic E-state index is 0.160. The molecule has 7 heteroatoms. The molecule has 7 nitrogen and oxygen atoms in total. The first-order valence-corrected chi connectivity index (χ1v) is 4.83. The van der Waals surface area contributed by atoms with Gasteiger partial charge in [-0.25, -0.2) is 15.6 Å². The molecule has 0 fully saturated rings. The number of aromatic nitrogens is 1. The predicted molar refractivity (Wildman–Crippen MR) is 65.2 cm³/mol. The van der Waals surface area contributed by atoms with Gasteiger partial charge in [-0.2, -0.15) is 5.01 Å². The number of nitrogens with zero attached hydrogens (tertiary/aromatic N) is 2. The number of rotatable bonds is 1. The topological polar surface area (TPSA) is 127 Å². The third-order valence-corrected chi connectivity index (χ3v) is 2.26. The van der Waals surface area contributed by atoms with Crippen LogP contribution < -0.4 is 17.3 Å². The van der Waals surface area contributed by atoms with Crippen LogP contribution in [0.15, 0.2) is 35.5 Å².